The number of nitrogens with zero attached hydrogens (tertiary/aromatic N) is 7. The van der Waals surface area contributed by atoms with Crippen molar-refractivity contribution < 1.29 is 9.42 Å². The van der Waals surface area contributed by atoms with E-state index in [9.17, 15) is 4.79 Å². The fraction of sp³-hybridized carbons (Fsp3) is 0.200. The summed E-state index contributed by atoms with van der Waals surface area (Å²) in [6.45, 7) is 1.18. The van der Waals surface area contributed by atoms with Crippen LogP contribution in [0.5, 0.6) is 0 Å². The monoisotopic (exact) mass is 527 g/mol. The number of aromatic nitrogens is 5. The number of nitrogen functional groups attached to an aromatic ring is 1. The largest absolute Gasteiger partial charge is 0.378 e. The number of hydrogen-bond acceptors (Lipinski definition) is 10. The van der Waals surface area contributed by atoms with Crippen molar-refractivity contribution in [2.45, 2.75) is 19.4 Å². The number of nitrogens with one attached hydrogen (secondary N) is 1. The second-order valence-electron chi connectivity index (χ2n) is 7.26. The van der Waals surface area contributed by atoms with Gasteiger partial charge in [0.2, 0.25) is 11.6 Å². The second-order valence-corrected chi connectivity index (χ2v) is 9.76. The molecule has 0 spiro atoms. The van der Waals surface area contributed by atoms with Crippen LogP contribution < -0.4 is 16.1 Å². The summed E-state index contributed by atoms with van der Waals surface area (Å²) >= 11 is 4.90. The van der Waals surface area contributed by atoms with Gasteiger partial charge in [-0.1, -0.05) is 23.4 Å². The molecule has 0 radical (unpaired) electrons. The number of anilines is 2. The van der Waals surface area contributed by atoms with Crippen LogP contribution in [0, 0.1) is 0 Å². The first-order valence-electron chi connectivity index (χ1n) is 10.0. The van der Waals surface area contributed by atoms with Crippen molar-refractivity contribution in [1.82, 2.24) is 30.7 Å². The van der Waals surface area contributed by atoms with Crippen LogP contribution in [0.15, 0.2) is 49.9 Å². The van der Waals surface area contributed by atoms with Gasteiger partial charge in [0.1, 0.15) is 0 Å². The van der Waals surface area contributed by atoms with Crippen LogP contribution >= 0.6 is 27.3 Å². The van der Waals surface area contributed by atoms with Crippen LogP contribution in [0.25, 0.3) is 5.82 Å². The molecule has 1 aliphatic rings. The number of hydrogen-bond donors (Lipinski definition) is 2. The maximum Gasteiger partial charge on any atom is 0.293 e. The van der Waals surface area contributed by atoms with Crippen LogP contribution in [0.1, 0.15) is 33.0 Å². The Morgan fingerprint density at radius 2 is 2.18 bits per heavy atom. The molecule has 4 aromatic rings. The average molecular weight is 528 g/mol. The molecule has 0 saturated heterocycles. The van der Waals surface area contributed by atoms with Gasteiger partial charge in [-0.25, -0.2) is 10.1 Å². The molecule has 1 amide bonds. The van der Waals surface area contributed by atoms with E-state index >= 15 is 0 Å². The molecular formula is C20H18BrN9O2S. The summed E-state index contributed by atoms with van der Waals surface area (Å²) in [6, 6.07) is 12.0. The number of amides is 1. The van der Waals surface area contributed by atoms with Gasteiger partial charge in [-0.3, -0.25) is 4.79 Å². The van der Waals surface area contributed by atoms with Gasteiger partial charge < -0.3 is 10.6 Å². The van der Waals surface area contributed by atoms with Crippen molar-refractivity contribution in [3.8, 4) is 5.82 Å². The second kappa shape index (κ2) is 9.11. The lowest BCUT2D eigenvalue weighted by Crippen LogP contribution is -2.31. The van der Waals surface area contributed by atoms with Crippen molar-refractivity contribution in [2.75, 3.05) is 17.2 Å². The number of carbonyl (C=O) groups excluding carboxylic acids is 1. The van der Waals surface area contributed by atoms with Crippen LogP contribution in [-0.4, -0.2) is 44.0 Å². The van der Waals surface area contributed by atoms with E-state index < -0.39 is 5.91 Å². The molecule has 1 aromatic carbocycles. The fourth-order valence-electron chi connectivity index (χ4n) is 3.69. The highest BCUT2D eigenvalue weighted by Gasteiger charge is 2.27. The van der Waals surface area contributed by atoms with Gasteiger partial charge in [-0.2, -0.15) is 9.78 Å². The zero-order chi connectivity index (χ0) is 22.8. The number of para-hydroxylation sites is 1. The van der Waals surface area contributed by atoms with E-state index in [1.165, 1.54) is 21.6 Å². The molecule has 4 heterocycles. The number of halogens is 1. The third-order valence-corrected chi connectivity index (χ3v) is 6.73. The number of fused-ring (bicyclic) bond motifs is 1. The Bertz CT molecular complexity index is 1330. The first-order valence-corrected chi connectivity index (χ1v) is 11.7. The zero-order valence-electron chi connectivity index (χ0n) is 17.2. The Balaban J connectivity index is 1.46. The highest BCUT2D eigenvalue weighted by Crippen LogP contribution is 2.29. The highest BCUT2D eigenvalue weighted by molar-refractivity contribution is 9.11. The maximum absolute atomic E-state index is 13.0. The normalized spacial score (nSPS) is 13.4. The molecule has 3 N–H and O–H groups in total. The summed E-state index contributed by atoms with van der Waals surface area (Å²) in [5, 5.41) is 19.7. The summed E-state index contributed by atoms with van der Waals surface area (Å²) in [5.41, 5.74) is 11.4. The predicted octanol–water partition coefficient (Wildman–Crippen LogP) is 2.77. The predicted molar refractivity (Wildman–Crippen MR) is 127 cm³/mol. The summed E-state index contributed by atoms with van der Waals surface area (Å²) in [4.78, 5) is 16.0. The standard InChI is InChI=1S/C20H18BrN9O2S/c21-16-8-7-13(33-16)10-23-25-20(31)17-15(30(28-24-17)19-18(22)26-32-27-19)11-29-9-3-5-12-4-1-2-6-14(12)29/h1-2,4,6-8,10H,3,5,9,11H2,(H2,22,26)(H,25,31)/b23-10+. The Hall–Kier alpha value is -3.58. The van der Waals surface area contributed by atoms with Gasteiger partial charge in [0, 0.05) is 17.1 Å². The first kappa shape index (κ1) is 21.3. The SMILES string of the molecule is Nc1nonc1-n1nnc(C(=O)N/N=C/c2ccc(Br)s2)c1CN1CCCc2ccccc21. The molecule has 13 heteroatoms. The van der Waals surface area contributed by atoms with Crippen molar-refractivity contribution >= 4 is 50.9 Å². The van der Waals surface area contributed by atoms with Gasteiger partial charge in [-0.05, 0) is 62.8 Å². The number of rotatable bonds is 6. The van der Waals surface area contributed by atoms with Gasteiger partial charge in [-0.15, -0.1) is 16.4 Å². The number of nitrogens with two attached hydrogens (primary N) is 1. The molecule has 33 heavy (non-hydrogen) atoms. The molecule has 1 aliphatic heterocycles. The van der Waals surface area contributed by atoms with E-state index in [4.69, 9.17) is 10.4 Å². The van der Waals surface area contributed by atoms with E-state index in [1.54, 1.807) is 6.21 Å². The minimum absolute atomic E-state index is 0.0495. The van der Waals surface area contributed by atoms with Crippen molar-refractivity contribution in [3.63, 3.8) is 0 Å². The number of carbonyl (C=O) groups is 1. The van der Waals surface area contributed by atoms with Crippen LogP contribution in [0.4, 0.5) is 11.5 Å². The molecule has 5 rings (SSSR count). The topological polar surface area (TPSA) is 140 Å². The van der Waals surface area contributed by atoms with E-state index in [1.807, 2.05) is 24.3 Å². The van der Waals surface area contributed by atoms with Gasteiger partial charge in [0.15, 0.2) is 5.69 Å². The van der Waals surface area contributed by atoms with E-state index in [-0.39, 0.29) is 17.3 Å². The number of aryl methyl sites for hydroxylation is 1. The Kier molecular flexibility index (Phi) is 5.88. The van der Waals surface area contributed by atoms with E-state index in [2.05, 4.69) is 64.1 Å². The van der Waals surface area contributed by atoms with Gasteiger partial charge in [0.25, 0.3) is 5.91 Å². The Morgan fingerprint density at radius 1 is 1.30 bits per heavy atom. The summed E-state index contributed by atoms with van der Waals surface area (Å²) in [6.07, 6.45) is 3.57. The molecule has 0 atom stereocenters. The van der Waals surface area contributed by atoms with Crippen molar-refractivity contribution in [1.29, 1.82) is 0 Å². The zero-order valence-corrected chi connectivity index (χ0v) is 19.6. The fourth-order valence-corrected chi connectivity index (χ4v) is 4.99. The minimum atomic E-state index is -0.497. The molecule has 168 valence electrons. The number of hydrazone groups is 1. The molecule has 0 saturated carbocycles. The smallest absolute Gasteiger partial charge is 0.293 e. The third kappa shape index (κ3) is 4.36. The van der Waals surface area contributed by atoms with E-state index in [0.717, 1.165) is 33.7 Å². The first-order chi connectivity index (χ1) is 16.1. The summed E-state index contributed by atoms with van der Waals surface area (Å²) in [7, 11) is 0. The van der Waals surface area contributed by atoms with Crippen LogP contribution in [0.3, 0.4) is 0 Å². The molecular weight excluding hydrogens is 510 g/mol. The molecule has 0 unspecified atom stereocenters. The average Bonchev–Trinajstić information content (AvgIpc) is 3.54. The minimum Gasteiger partial charge on any atom is -0.378 e. The highest BCUT2D eigenvalue weighted by atomic mass is 79.9. The molecule has 0 fully saturated rings. The van der Waals surface area contributed by atoms with Crippen molar-refractivity contribution in [3.05, 3.63) is 62.0 Å². The molecule has 0 aliphatic carbocycles. The molecule has 11 nitrogen and oxygen atoms in total. The number of thiophene rings is 1. The molecule has 0 bridgehead atoms. The summed E-state index contributed by atoms with van der Waals surface area (Å²) < 4.78 is 7.09. The van der Waals surface area contributed by atoms with Gasteiger partial charge in [0.05, 0.1) is 22.2 Å². The third-order valence-electron chi connectivity index (χ3n) is 5.17. The lowest BCUT2D eigenvalue weighted by molar-refractivity contribution is 0.0949. The lowest BCUT2D eigenvalue weighted by atomic mass is 10.0. The Morgan fingerprint density at radius 3 is 2.97 bits per heavy atom. The quantitative estimate of drug-likeness (QED) is 0.288. The van der Waals surface area contributed by atoms with Crippen LogP contribution in [0.2, 0.25) is 0 Å². The van der Waals surface area contributed by atoms with E-state index in [0.29, 0.717) is 12.2 Å². The van der Waals surface area contributed by atoms with Crippen LogP contribution in [-0.2, 0) is 13.0 Å². The molecule has 3 aromatic heterocycles. The number of benzene rings is 1. The van der Waals surface area contributed by atoms with Gasteiger partial charge >= 0.3 is 0 Å². The summed E-state index contributed by atoms with van der Waals surface area (Å²) in [5.74, 6) is -0.273. The lowest BCUT2D eigenvalue weighted by Gasteiger charge is -2.31. The van der Waals surface area contributed by atoms with Crippen molar-refractivity contribution in [2.24, 2.45) is 5.10 Å². The Labute approximate surface area is 200 Å². The maximum atomic E-state index is 13.0.